The molecule has 2 aromatic rings. The van der Waals surface area contributed by atoms with Crippen molar-refractivity contribution in [3.8, 4) is 5.06 Å². The fraction of sp³-hybridized carbons (Fsp3) is 0.200. The average molecular weight is 194 g/mol. The summed E-state index contributed by atoms with van der Waals surface area (Å²) in [4.78, 5) is 0. The second-order valence-corrected chi connectivity index (χ2v) is 4.08. The highest BCUT2D eigenvalue weighted by atomic mass is 32.1. The average Bonchev–Trinajstić information content (AvgIpc) is 2.45. The van der Waals surface area contributed by atoms with Crippen LogP contribution in [-0.2, 0) is 6.61 Å². The summed E-state index contributed by atoms with van der Waals surface area (Å²) in [6.07, 6.45) is 0. The lowest BCUT2D eigenvalue weighted by Crippen LogP contribution is -1.87. The van der Waals surface area contributed by atoms with E-state index in [1.165, 1.54) is 11.3 Å². The Kier molecular flexibility index (Phi) is 1.98. The lowest BCUT2D eigenvalue weighted by atomic mass is 10.1. The van der Waals surface area contributed by atoms with Crippen LogP contribution in [0.3, 0.4) is 0 Å². The van der Waals surface area contributed by atoms with Crippen LogP contribution in [0.15, 0.2) is 18.2 Å². The van der Waals surface area contributed by atoms with Gasteiger partial charge in [-0.2, -0.15) is 0 Å². The first-order valence-corrected chi connectivity index (χ1v) is 4.86. The van der Waals surface area contributed by atoms with Gasteiger partial charge in [0.15, 0.2) is 5.06 Å². The maximum Gasteiger partial charge on any atom is 0.172 e. The standard InChI is InChI=1S/C10H10O2S/c1-6-2-3-9-7(8(6)5-11)4-10(12)13-9/h2-4,11-12H,5H2,1H3. The number of aliphatic hydroxyl groups is 1. The molecule has 0 unspecified atom stereocenters. The van der Waals surface area contributed by atoms with Crippen molar-refractivity contribution in [2.75, 3.05) is 0 Å². The molecule has 1 aromatic carbocycles. The minimum Gasteiger partial charge on any atom is -0.499 e. The van der Waals surface area contributed by atoms with Crippen LogP contribution in [0.4, 0.5) is 0 Å². The van der Waals surface area contributed by atoms with Gasteiger partial charge in [-0.3, -0.25) is 0 Å². The van der Waals surface area contributed by atoms with Gasteiger partial charge < -0.3 is 10.2 Å². The van der Waals surface area contributed by atoms with Crippen LogP contribution >= 0.6 is 11.3 Å². The molecular formula is C10H10O2S. The molecule has 0 aliphatic rings. The van der Waals surface area contributed by atoms with E-state index in [1.54, 1.807) is 6.07 Å². The molecule has 2 nitrogen and oxygen atoms in total. The van der Waals surface area contributed by atoms with Crippen LogP contribution in [0.1, 0.15) is 11.1 Å². The largest absolute Gasteiger partial charge is 0.499 e. The van der Waals surface area contributed by atoms with Gasteiger partial charge in [0, 0.05) is 10.1 Å². The monoisotopic (exact) mass is 194 g/mol. The molecular weight excluding hydrogens is 184 g/mol. The molecule has 0 amide bonds. The molecule has 0 aliphatic heterocycles. The molecule has 1 heterocycles. The van der Waals surface area contributed by atoms with Crippen molar-refractivity contribution >= 4 is 21.4 Å². The topological polar surface area (TPSA) is 40.5 Å². The Labute approximate surface area is 80.1 Å². The molecule has 13 heavy (non-hydrogen) atoms. The lowest BCUT2D eigenvalue weighted by molar-refractivity contribution is 0.282. The fourth-order valence-electron chi connectivity index (χ4n) is 1.47. The number of benzene rings is 1. The van der Waals surface area contributed by atoms with Crippen LogP contribution in [0.5, 0.6) is 5.06 Å². The van der Waals surface area contributed by atoms with Crippen molar-refractivity contribution in [1.29, 1.82) is 0 Å². The number of hydrogen-bond acceptors (Lipinski definition) is 3. The van der Waals surface area contributed by atoms with Crippen molar-refractivity contribution in [3.05, 3.63) is 29.3 Å². The zero-order chi connectivity index (χ0) is 9.42. The van der Waals surface area contributed by atoms with Crippen molar-refractivity contribution in [2.24, 2.45) is 0 Å². The second-order valence-electron chi connectivity index (χ2n) is 3.02. The van der Waals surface area contributed by atoms with Gasteiger partial charge >= 0.3 is 0 Å². The van der Waals surface area contributed by atoms with Gasteiger partial charge in [-0.25, -0.2) is 0 Å². The maximum atomic E-state index is 9.30. The highest BCUT2D eigenvalue weighted by molar-refractivity contribution is 7.20. The van der Waals surface area contributed by atoms with E-state index in [0.29, 0.717) is 5.06 Å². The second kappa shape index (κ2) is 3.01. The van der Waals surface area contributed by atoms with E-state index >= 15 is 0 Å². The summed E-state index contributed by atoms with van der Waals surface area (Å²) in [5.41, 5.74) is 1.97. The van der Waals surface area contributed by atoms with Crippen molar-refractivity contribution in [2.45, 2.75) is 13.5 Å². The van der Waals surface area contributed by atoms with Crippen molar-refractivity contribution in [3.63, 3.8) is 0 Å². The molecule has 0 saturated heterocycles. The van der Waals surface area contributed by atoms with E-state index < -0.39 is 0 Å². The zero-order valence-corrected chi connectivity index (χ0v) is 8.06. The highest BCUT2D eigenvalue weighted by Gasteiger charge is 2.06. The Hall–Kier alpha value is -1.06. The maximum absolute atomic E-state index is 9.30. The van der Waals surface area contributed by atoms with E-state index in [1.807, 2.05) is 19.1 Å². The minimum absolute atomic E-state index is 0.0271. The van der Waals surface area contributed by atoms with E-state index in [9.17, 15) is 5.11 Å². The number of fused-ring (bicyclic) bond motifs is 1. The van der Waals surface area contributed by atoms with Gasteiger partial charge in [0.1, 0.15) is 0 Å². The third kappa shape index (κ3) is 1.30. The smallest absolute Gasteiger partial charge is 0.172 e. The Morgan fingerprint density at radius 3 is 2.85 bits per heavy atom. The molecule has 0 fully saturated rings. The molecule has 3 heteroatoms. The summed E-state index contributed by atoms with van der Waals surface area (Å²) in [5.74, 6) is 0. The fourth-order valence-corrected chi connectivity index (χ4v) is 2.31. The van der Waals surface area contributed by atoms with Gasteiger partial charge in [0.2, 0.25) is 0 Å². The Morgan fingerprint density at radius 2 is 2.15 bits per heavy atom. The molecule has 0 radical (unpaired) electrons. The van der Waals surface area contributed by atoms with Gasteiger partial charge in [-0.15, -0.1) is 0 Å². The van der Waals surface area contributed by atoms with Crippen molar-refractivity contribution < 1.29 is 10.2 Å². The number of aryl methyl sites for hydroxylation is 1. The summed E-state index contributed by atoms with van der Waals surface area (Å²) in [6, 6.07) is 5.64. The van der Waals surface area contributed by atoms with E-state index in [4.69, 9.17) is 5.11 Å². The highest BCUT2D eigenvalue weighted by Crippen LogP contribution is 2.33. The van der Waals surface area contributed by atoms with Crippen LogP contribution in [0.25, 0.3) is 10.1 Å². The number of hydrogen-bond donors (Lipinski definition) is 2. The number of rotatable bonds is 1. The minimum atomic E-state index is 0.0271. The van der Waals surface area contributed by atoms with Gasteiger partial charge in [0.05, 0.1) is 6.61 Å². The van der Waals surface area contributed by atoms with Gasteiger partial charge in [-0.1, -0.05) is 17.4 Å². The molecule has 2 rings (SSSR count). The molecule has 1 aromatic heterocycles. The van der Waals surface area contributed by atoms with E-state index in [0.717, 1.165) is 21.2 Å². The van der Waals surface area contributed by atoms with Crippen LogP contribution in [0, 0.1) is 6.92 Å². The normalized spacial score (nSPS) is 10.9. The number of thiophene rings is 1. The molecule has 0 bridgehead atoms. The zero-order valence-electron chi connectivity index (χ0n) is 7.24. The third-order valence-corrected chi connectivity index (χ3v) is 3.09. The summed E-state index contributed by atoms with van der Waals surface area (Å²) in [7, 11) is 0. The summed E-state index contributed by atoms with van der Waals surface area (Å²) >= 11 is 1.33. The first-order valence-electron chi connectivity index (χ1n) is 4.04. The first-order chi connectivity index (χ1) is 6.22. The van der Waals surface area contributed by atoms with Crippen LogP contribution in [-0.4, -0.2) is 10.2 Å². The molecule has 2 N–H and O–H groups in total. The Balaban J connectivity index is 2.82. The Morgan fingerprint density at radius 1 is 1.38 bits per heavy atom. The SMILES string of the molecule is Cc1ccc2sc(O)cc2c1CO. The summed E-state index contributed by atoms with van der Waals surface area (Å²) < 4.78 is 1.02. The van der Waals surface area contributed by atoms with E-state index in [-0.39, 0.29) is 6.61 Å². The summed E-state index contributed by atoms with van der Waals surface area (Å²) in [5, 5.41) is 19.7. The van der Waals surface area contributed by atoms with Crippen LogP contribution in [0.2, 0.25) is 0 Å². The van der Waals surface area contributed by atoms with Gasteiger partial charge in [-0.05, 0) is 30.2 Å². The third-order valence-electron chi connectivity index (χ3n) is 2.19. The van der Waals surface area contributed by atoms with Crippen molar-refractivity contribution in [1.82, 2.24) is 0 Å². The Bertz CT molecular complexity index is 445. The quantitative estimate of drug-likeness (QED) is 0.731. The predicted molar refractivity (Wildman–Crippen MR) is 54.1 cm³/mol. The molecule has 0 atom stereocenters. The number of aliphatic hydroxyl groups excluding tert-OH is 1. The summed E-state index contributed by atoms with van der Waals surface area (Å²) in [6.45, 7) is 1.99. The number of aromatic hydroxyl groups is 1. The molecule has 0 saturated carbocycles. The van der Waals surface area contributed by atoms with Gasteiger partial charge in [0.25, 0.3) is 0 Å². The molecule has 0 aliphatic carbocycles. The van der Waals surface area contributed by atoms with Crippen LogP contribution < -0.4 is 0 Å². The first kappa shape index (κ1) is 8.53. The molecule has 68 valence electrons. The molecule has 0 spiro atoms. The lowest BCUT2D eigenvalue weighted by Gasteiger charge is -2.02. The van der Waals surface area contributed by atoms with E-state index in [2.05, 4.69) is 0 Å². The predicted octanol–water partition coefficient (Wildman–Crippen LogP) is 2.41.